The molecule has 118 valence electrons. The smallest absolute Gasteiger partial charge is 0.264 e. The summed E-state index contributed by atoms with van der Waals surface area (Å²) in [5, 5.41) is 3.12. The Hall–Kier alpha value is -2.04. The van der Waals surface area contributed by atoms with E-state index in [0.29, 0.717) is 18.2 Å². The normalized spacial score (nSPS) is 18.6. The maximum atomic E-state index is 12.2. The molecule has 0 unspecified atom stereocenters. The van der Waals surface area contributed by atoms with Crippen molar-refractivity contribution in [3.05, 3.63) is 23.8 Å². The molecule has 0 saturated heterocycles. The van der Waals surface area contributed by atoms with Gasteiger partial charge in [0.15, 0.2) is 6.61 Å². The van der Waals surface area contributed by atoms with Gasteiger partial charge in [-0.3, -0.25) is 9.59 Å². The monoisotopic (exact) mass is 302 g/mol. The average molecular weight is 302 g/mol. The van der Waals surface area contributed by atoms with Crippen molar-refractivity contribution in [3.8, 4) is 5.75 Å². The summed E-state index contributed by atoms with van der Waals surface area (Å²) in [7, 11) is 1.73. The highest BCUT2D eigenvalue weighted by Gasteiger charge is 2.23. The van der Waals surface area contributed by atoms with Gasteiger partial charge in [-0.1, -0.05) is 25.3 Å². The van der Waals surface area contributed by atoms with Gasteiger partial charge in [-0.2, -0.15) is 0 Å². The minimum atomic E-state index is -0.0729. The largest absolute Gasteiger partial charge is 0.482 e. The predicted molar refractivity (Wildman–Crippen MR) is 84.1 cm³/mol. The molecule has 22 heavy (non-hydrogen) atoms. The number of hydrogen-bond donors (Lipinski definition) is 1. The van der Waals surface area contributed by atoms with Gasteiger partial charge in [0, 0.05) is 13.1 Å². The lowest BCUT2D eigenvalue weighted by molar-refractivity contribution is -0.121. The molecule has 1 aliphatic carbocycles. The summed E-state index contributed by atoms with van der Waals surface area (Å²) in [6, 6.07) is 5.92. The highest BCUT2D eigenvalue weighted by molar-refractivity contribution is 5.97. The van der Waals surface area contributed by atoms with Crippen molar-refractivity contribution in [3.63, 3.8) is 0 Å². The Balaban J connectivity index is 1.65. The number of likely N-dealkylation sites (N-methyl/N-ethyl adjacent to an activating group) is 1. The van der Waals surface area contributed by atoms with Gasteiger partial charge in [-0.15, -0.1) is 0 Å². The topological polar surface area (TPSA) is 58.6 Å². The Labute approximate surface area is 130 Å². The number of benzene rings is 1. The highest BCUT2D eigenvalue weighted by Crippen LogP contribution is 2.32. The first-order valence-electron chi connectivity index (χ1n) is 7.95. The third-order valence-corrected chi connectivity index (χ3v) is 4.44. The van der Waals surface area contributed by atoms with Gasteiger partial charge in [0.1, 0.15) is 5.75 Å². The number of nitrogens with zero attached hydrogens (tertiary/aromatic N) is 1. The van der Waals surface area contributed by atoms with Crippen LogP contribution < -0.4 is 15.0 Å². The Morgan fingerprint density at radius 2 is 2.09 bits per heavy atom. The van der Waals surface area contributed by atoms with E-state index in [1.807, 2.05) is 18.2 Å². The van der Waals surface area contributed by atoms with Crippen LogP contribution in [0.5, 0.6) is 5.75 Å². The summed E-state index contributed by atoms with van der Waals surface area (Å²) in [6.07, 6.45) is 6.19. The second-order valence-corrected chi connectivity index (χ2v) is 6.12. The second kappa shape index (κ2) is 6.38. The number of carbonyl (C=O) groups excluding carboxylic acids is 2. The van der Waals surface area contributed by atoms with E-state index in [-0.39, 0.29) is 18.4 Å². The van der Waals surface area contributed by atoms with Crippen LogP contribution in [0.25, 0.3) is 0 Å². The molecule has 1 aromatic carbocycles. The van der Waals surface area contributed by atoms with Crippen LogP contribution in [0.3, 0.4) is 0 Å². The van der Waals surface area contributed by atoms with Crippen LogP contribution in [-0.2, 0) is 16.0 Å². The molecular weight excluding hydrogens is 280 g/mol. The predicted octanol–water partition coefficient (Wildman–Crippen LogP) is 2.03. The first-order valence-corrected chi connectivity index (χ1v) is 7.95. The fourth-order valence-electron chi connectivity index (χ4n) is 3.14. The van der Waals surface area contributed by atoms with Crippen molar-refractivity contribution < 1.29 is 14.3 Å². The second-order valence-electron chi connectivity index (χ2n) is 6.12. The lowest BCUT2D eigenvalue weighted by Crippen LogP contribution is -2.37. The van der Waals surface area contributed by atoms with Gasteiger partial charge < -0.3 is 15.0 Å². The summed E-state index contributed by atoms with van der Waals surface area (Å²) < 4.78 is 5.40. The van der Waals surface area contributed by atoms with Gasteiger partial charge in [-0.05, 0) is 30.5 Å². The molecule has 0 aromatic heterocycles. The number of ether oxygens (including phenoxy) is 1. The molecule has 2 aliphatic rings. The van der Waals surface area contributed by atoms with E-state index < -0.39 is 0 Å². The van der Waals surface area contributed by atoms with Crippen molar-refractivity contribution in [1.29, 1.82) is 0 Å². The van der Waals surface area contributed by atoms with E-state index in [2.05, 4.69) is 5.32 Å². The van der Waals surface area contributed by atoms with Gasteiger partial charge in [0.2, 0.25) is 5.91 Å². The van der Waals surface area contributed by atoms with Crippen LogP contribution in [0.4, 0.5) is 5.69 Å². The Morgan fingerprint density at radius 3 is 2.86 bits per heavy atom. The van der Waals surface area contributed by atoms with E-state index in [4.69, 9.17) is 4.74 Å². The van der Waals surface area contributed by atoms with Crippen LogP contribution in [0, 0.1) is 0 Å². The Morgan fingerprint density at radius 1 is 1.32 bits per heavy atom. The minimum Gasteiger partial charge on any atom is -0.482 e. The molecule has 1 aliphatic heterocycles. The highest BCUT2D eigenvalue weighted by atomic mass is 16.5. The average Bonchev–Trinajstić information content (AvgIpc) is 2.52. The molecule has 3 rings (SSSR count). The van der Waals surface area contributed by atoms with Crippen molar-refractivity contribution in [1.82, 2.24) is 5.32 Å². The zero-order valence-corrected chi connectivity index (χ0v) is 12.9. The maximum absolute atomic E-state index is 12.2. The van der Waals surface area contributed by atoms with Crippen LogP contribution in [-0.4, -0.2) is 31.5 Å². The molecule has 1 saturated carbocycles. The molecule has 1 aromatic rings. The van der Waals surface area contributed by atoms with Gasteiger partial charge >= 0.3 is 0 Å². The van der Waals surface area contributed by atoms with Gasteiger partial charge in [0.25, 0.3) is 5.91 Å². The SMILES string of the molecule is CN1C(=O)COc2ccc(CC(=O)NC3CCCCC3)cc21. The third-order valence-electron chi connectivity index (χ3n) is 4.44. The summed E-state index contributed by atoms with van der Waals surface area (Å²) >= 11 is 0. The van der Waals surface area contributed by atoms with Crippen LogP contribution >= 0.6 is 0 Å². The summed E-state index contributed by atoms with van der Waals surface area (Å²) in [5.41, 5.74) is 1.64. The molecule has 0 radical (unpaired) electrons. The lowest BCUT2D eigenvalue weighted by atomic mass is 9.95. The number of carbonyl (C=O) groups is 2. The van der Waals surface area contributed by atoms with Crippen molar-refractivity contribution >= 4 is 17.5 Å². The number of fused-ring (bicyclic) bond motifs is 1. The summed E-state index contributed by atoms with van der Waals surface area (Å²) in [4.78, 5) is 25.4. The minimum absolute atomic E-state index is 0.0533. The van der Waals surface area contributed by atoms with Gasteiger partial charge in [0.05, 0.1) is 12.1 Å². The first kappa shape index (κ1) is 14.9. The van der Waals surface area contributed by atoms with Crippen LogP contribution in [0.2, 0.25) is 0 Å². The number of anilines is 1. The molecule has 1 heterocycles. The molecular formula is C17H22N2O3. The fourth-order valence-corrected chi connectivity index (χ4v) is 3.14. The number of nitrogens with one attached hydrogen (secondary N) is 1. The van der Waals surface area contributed by atoms with Crippen LogP contribution in [0.15, 0.2) is 18.2 Å². The van der Waals surface area contributed by atoms with Crippen molar-refractivity contribution in [2.75, 3.05) is 18.6 Å². The fraction of sp³-hybridized carbons (Fsp3) is 0.529. The third kappa shape index (κ3) is 3.24. The van der Waals surface area contributed by atoms with Crippen molar-refractivity contribution in [2.24, 2.45) is 0 Å². The number of rotatable bonds is 3. The molecule has 1 fully saturated rings. The number of hydrogen-bond acceptors (Lipinski definition) is 3. The first-order chi connectivity index (χ1) is 10.6. The number of amides is 2. The molecule has 0 spiro atoms. The molecule has 5 heteroatoms. The Kier molecular flexibility index (Phi) is 4.32. The van der Waals surface area contributed by atoms with E-state index in [0.717, 1.165) is 24.1 Å². The Bertz CT molecular complexity index is 579. The van der Waals surface area contributed by atoms with Gasteiger partial charge in [-0.25, -0.2) is 0 Å². The standard InChI is InChI=1S/C17H22N2O3/c1-19-14-9-12(7-8-15(14)22-11-17(19)21)10-16(20)18-13-5-3-2-4-6-13/h7-9,13H,2-6,10-11H2,1H3,(H,18,20). The van der Waals surface area contributed by atoms with Crippen molar-refractivity contribution in [2.45, 2.75) is 44.6 Å². The molecule has 1 N–H and O–H groups in total. The molecule has 0 atom stereocenters. The quantitative estimate of drug-likeness (QED) is 0.929. The van der Waals surface area contributed by atoms with E-state index in [1.54, 1.807) is 11.9 Å². The van der Waals surface area contributed by atoms with E-state index in [1.165, 1.54) is 19.3 Å². The van der Waals surface area contributed by atoms with Crippen LogP contribution in [0.1, 0.15) is 37.7 Å². The van der Waals surface area contributed by atoms with E-state index in [9.17, 15) is 9.59 Å². The summed E-state index contributed by atoms with van der Waals surface area (Å²) in [6.45, 7) is 0.0744. The maximum Gasteiger partial charge on any atom is 0.264 e. The zero-order valence-electron chi connectivity index (χ0n) is 12.9. The zero-order chi connectivity index (χ0) is 15.5. The molecule has 5 nitrogen and oxygen atoms in total. The summed E-state index contributed by atoms with van der Waals surface area (Å²) in [5.74, 6) is 0.674. The van der Waals surface area contributed by atoms with E-state index >= 15 is 0 Å². The lowest BCUT2D eigenvalue weighted by Gasteiger charge is -2.26. The molecule has 2 amide bonds. The molecule has 0 bridgehead atoms.